The van der Waals surface area contributed by atoms with Gasteiger partial charge < -0.3 is 11.5 Å². The number of hydrogen-bond donors (Lipinski definition) is 2. The number of hydrogen-bond acceptors (Lipinski definition) is 2. The van der Waals surface area contributed by atoms with E-state index in [1.54, 1.807) is 0 Å². The predicted molar refractivity (Wildman–Crippen MR) is 38.9 cm³/mol. The average Bonchev–Trinajstić information content (AvgIpc) is 2.66. The molecule has 0 bridgehead atoms. The van der Waals surface area contributed by atoms with E-state index < -0.39 is 0 Å². The Morgan fingerprint density at radius 1 is 1.44 bits per heavy atom. The lowest BCUT2D eigenvalue weighted by Crippen LogP contribution is -2.21. The van der Waals surface area contributed by atoms with Crippen molar-refractivity contribution in [2.24, 2.45) is 16.9 Å². The van der Waals surface area contributed by atoms with Gasteiger partial charge in [0.2, 0.25) is 0 Å². The first kappa shape index (κ1) is 6.78. The molecule has 0 aliphatic heterocycles. The summed E-state index contributed by atoms with van der Waals surface area (Å²) in [5.74, 6) is 0. The van der Waals surface area contributed by atoms with E-state index in [0.29, 0.717) is 6.54 Å². The molecule has 0 heterocycles. The van der Waals surface area contributed by atoms with Crippen LogP contribution in [0, 0.1) is 5.41 Å². The molecule has 0 unspecified atom stereocenters. The van der Waals surface area contributed by atoms with E-state index in [-0.39, 0.29) is 5.41 Å². The van der Waals surface area contributed by atoms with Gasteiger partial charge in [-0.1, -0.05) is 12.2 Å². The summed E-state index contributed by atoms with van der Waals surface area (Å²) in [5, 5.41) is 0. The molecule has 2 nitrogen and oxygen atoms in total. The van der Waals surface area contributed by atoms with Crippen LogP contribution in [0.5, 0.6) is 0 Å². The Bertz CT molecular complexity index is 125. The van der Waals surface area contributed by atoms with Crippen LogP contribution in [-0.2, 0) is 0 Å². The van der Waals surface area contributed by atoms with Crippen molar-refractivity contribution in [3.63, 3.8) is 0 Å². The standard InChI is InChI=1S/C7H14N2/c1-6(4-8)7(5-9)2-3-7/h1-5,8-9H2. The molecule has 0 atom stereocenters. The topological polar surface area (TPSA) is 52.0 Å². The van der Waals surface area contributed by atoms with Gasteiger partial charge in [-0.2, -0.15) is 0 Å². The molecular formula is C7H14N2. The SMILES string of the molecule is C=C(CN)C1(CN)CC1. The first-order valence-corrected chi connectivity index (χ1v) is 3.33. The molecule has 0 aromatic rings. The van der Waals surface area contributed by atoms with Gasteiger partial charge in [0, 0.05) is 18.5 Å². The third-order valence-electron chi connectivity index (χ3n) is 2.24. The molecule has 0 spiro atoms. The van der Waals surface area contributed by atoms with Gasteiger partial charge in [0.1, 0.15) is 0 Å². The molecule has 52 valence electrons. The van der Waals surface area contributed by atoms with Crippen LogP contribution in [0.4, 0.5) is 0 Å². The monoisotopic (exact) mass is 126 g/mol. The molecule has 0 aromatic carbocycles. The highest BCUT2D eigenvalue weighted by Gasteiger charge is 2.42. The molecule has 1 aliphatic rings. The maximum absolute atomic E-state index is 5.53. The highest BCUT2D eigenvalue weighted by atomic mass is 14.7. The maximum atomic E-state index is 5.53. The zero-order valence-electron chi connectivity index (χ0n) is 5.69. The van der Waals surface area contributed by atoms with Crippen LogP contribution in [0.1, 0.15) is 12.8 Å². The van der Waals surface area contributed by atoms with Gasteiger partial charge in [-0.05, 0) is 12.8 Å². The fourth-order valence-corrected chi connectivity index (χ4v) is 1.07. The van der Waals surface area contributed by atoms with Crippen molar-refractivity contribution in [1.29, 1.82) is 0 Å². The van der Waals surface area contributed by atoms with Crippen molar-refractivity contribution in [3.8, 4) is 0 Å². The van der Waals surface area contributed by atoms with Crippen LogP contribution < -0.4 is 11.5 Å². The van der Waals surface area contributed by atoms with E-state index in [2.05, 4.69) is 6.58 Å². The van der Waals surface area contributed by atoms with Crippen LogP contribution in [0.3, 0.4) is 0 Å². The fraction of sp³-hybridized carbons (Fsp3) is 0.714. The quantitative estimate of drug-likeness (QED) is 0.532. The highest BCUT2D eigenvalue weighted by Crippen LogP contribution is 2.49. The molecule has 0 saturated heterocycles. The zero-order chi connectivity index (χ0) is 6.91. The summed E-state index contributed by atoms with van der Waals surface area (Å²) in [6.45, 7) is 5.19. The van der Waals surface area contributed by atoms with Gasteiger partial charge in [0.25, 0.3) is 0 Å². The second-order valence-corrected chi connectivity index (χ2v) is 2.79. The molecule has 4 N–H and O–H groups in total. The molecule has 9 heavy (non-hydrogen) atoms. The maximum Gasteiger partial charge on any atom is 0.0140 e. The summed E-state index contributed by atoms with van der Waals surface area (Å²) in [6.07, 6.45) is 2.39. The van der Waals surface area contributed by atoms with E-state index in [1.807, 2.05) is 0 Å². The predicted octanol–water partition coefficient (Wildman–Crippen LogP) is 0.240. The lowest BCUT2D eigenvalue weighted by molar-refractivity contribution is 0.611. The van der Waals surface area contributed by atoms with E-state index >= 15 is 0 Å². The molecule has 0 amide bonds. The molecule has 1 rings (SSSR count). The van der Waals surface area contributed by atoms with Gasteiger partial charge in [-0.15, -0.1) is 0 Å². The Balaban J connectivity index is 2.49. The Kier molecular flexibility index (Phi) is 1.60. The van der Waals surface area contributed by atoms with Crippen molar-refractivity contribution < 1.29 is 0 Å². The zero-order valence-corrected chi connectivity index (χ0v) is 5.69. The van der Waals surface area contributed by atoms with Crippen molar-refractivity contribution in [3.05, 3.63) is 12.2 Å². The minimum atomic E-state index is 0.259. The summed E-state index contributed by atoms with van der Waals surface area (Å²) < 4.78 is 0. The summed E-state index contributed by atoms with van der Waals surface area (Å²) in [4.78, 5) is 0. The fourth-order valence-electron chi connectivity index (χ4n) is 1.07. The molecule has 0 radical (unpaired) electrons. The van der Waals surface area contributed by atoms with Gasteiger partial charge in [0.15, 0.2) is 0 Å². The van der Waals surface area contributed by atoms with E-state index in [4.69, 9.17) is 11.5 Å². The van der Waals surface area contributed by atoms with Crippen molar-refractivity contribution >= 4 is 0 Å². The van der Waals surface area contributed by atoms with Crippen LogP contribution >= 0.6 is 0 Å². The molecule has 2 heteroatoms. The van der Waals surface area contributed by atoms with E-state index in [9.17, 15) is 0 Å². The third kappa shape index (κ3) is 1.00. The number of nitrogens with two attached hydrogens (primary N) is 2. The smallest absolute Gasteiger partial charge is 0.0140 e. The minimum Gasteiger partial charge on any atom is -0.330 e. The molecular weight excluding hydrogens is 112 g/mol. The van der Waals surface area contributed by atoms with Crippen molar-refractivity contribution in [1.82, 2.24) is 0 Å². The van der Waals surface area contributed by atoms with Crippen molar-refractivity contribution in [2.45, 2.75) is 12.8 Å². The first-order chi connectivity index (χ1) is 4.25. The average molecular weight is 126 g/mol. The summed E-state index contributed by atoms with van der Waals surface area (Å²) in [5.41, 5.74) is 12.3. The molecule has 1 fully saturated rings. The number of rotatable bonds is 3. The lowest BCUT2D eigenvalue weighted by Gasteiger charge is -2.12. The Labute approximate surface area is 55.9 Å². The first-order valence-electron chi connectivity index (χ1n) is 3.33. The normalized spacial score (nSPS) is 21.6. The summed E-state index contributed by atoms with van der Waals surface area (Å²) in [7, 11) is 0. The second-order valence-electron chi connectivity index (χ2n) is 2.79. The molecule has 1 aliphatic carbocycles. The van der Waals surface area contributed by atoms with Crippen LogP contribution in [0.15, 0.2) is 12.2 Å². The van der Waals surface area contributed by atoms with Gasteiger partial charge in [-0.3, -0.25) is 0 Å². The lowest BCUT2D eigenvalue weighted by atomic mass is 9.98. The van der Waals surface area contributed by atoms with Gasteiger partial charge in [-0.25, -0.2) is 0 Å². The molecule has 1 saturated carbocycles. The third-order valence-corrected chi connectivity index (χ3v) is 2.24. The molecule has 0 aromatic heterocycles. The highest BCUT2D eigenvalue weighted by molar-refractivity contribution is 5.20. The van der Waals surface area contributed by atoms with Crippen LogP contribution in [0.25, 0.3) is 0 Å². The van der Waals surface area contributed by atoms with Gasteiger partial charge >= 0.3 is 0 Å². The van der Waals surface area contributed by atoms with Gasteiger partial charge in [0.05, 0.1) is 0 Å². The van der Waals surface area contributed by atoms with Crippen molar-refractivity contribution in [2.75, 3.05) is 13.1 Å². The second kappa shape index (κ2) is 2.12. The van der Waals surface area contributed by atoms with E-state index in [1.165, 1.54) is 12.8 Å². The summed E-state index contributed by atoms with van der Waals surface area (Å²) >= 11 is 0. The largest absolute Gasteiger partial charge is 0.330 e. The van der Waals surface area contributed by atoms with Crippen LogP contribution in [0.2, 0.25) is 0 Å². The summed E-state index contributed by atoms with van der Waals surface area (Å²) in [6, 6.07) is 0. The minimum absolute atomic E-state index is 0.259. The van der Waals surface area contributed by atoms with E-state index in [0.717, 1.165) is 12.1 Å². The Hall–Kier alpha value is -0.340. The van der Waals surface area contributed by atoms with Crippen LogP contribution in [-0.4, -0.2) is 13.1 Å². The Morgan fingerprint density at radius 3 is 2.11 bits per heavy atom. The Morgan fingerprint density at radius 2 is 2.00 bits per heavy atom.